The van der Waals surface area contributed by atoms with Crippen LogP contribution in [0.1, 0.15) is 81.1 Å². The summed E-state index contributed by atoms with van der Waals surface area (Å²) < 4.78 is 2.13. The van der Waals surface area contributed by atoms with Crippen LogP contribution in [0.4, 0.5) is 5.00 Å². The Bertz CT molecular complexity index is 2950. The number of nitrogens with zero attached hydrogens (tertiary/aromatic N) is 6. The zero-order chi connectivity index (χ0) is 37.1. The van der Waals surface area contributed by atoms with E-state index in [4.69, 9.17) is 9.98 Å². The summed E-state index contributed by atoms with van der Waals surface area (Å²) in [7, 11) is 0. The minimum Gasteiger partial charge on any atom is -0.287 e. The molecule has 2 aromatic carbocycles. The van der Waals surface area contributed by atoms with Crippen molar-refractivity contribution in [1.29, 1.82) is 21.0 Å². The summed E-state index contributed by atoms with van der Waals surface area (Å²) in [6.07, 6.45) is 2.04. The summed E-state index contributed by atoms with van der Waals surface area (Å²) in [4.78, 5) is 40.5. The summed E-state index contributed by atoms with van der Waals surface area (Å²) >= 11 is 4.89. The lowest BCUT2D eigenvalue weighted by Gasteiger charge is -2.29. The van der Waals surface area contributed by atoms with E-state index in [-0.39, 0.29) is 45.3 Å². The maximum atomic E-state index is 13.7. The van der Waals surface area contributed by atoms with Crippen molar-refractivity contribution in [2.24, 2.45) is 9.98 Å². The van der Waals surface area contributed by atoms with Crippen molar-refractivity contribution in [3.05, 3.63) is 115 Å². The number of aliphatic imine (C=N–C) groups is 2. The van der Waals surface area contributed by atoms with E-state index in [2.05, 4.69) is 27.7 Å². The number of hydrogen-bond donors (Lipinski definition) is 0. The molecule has 0 saturated heterocycles. The molecule has 0 aliphatic heterocycles. The van der Waals surface area contributed by atoms with E-state index in [0.717, 1.165) is 19.8 Å². The quantitative estimate of drug-likeness (QED) is 0.164. The molecule has 0 saturated carbocycles. The molecule has 3 aromatic heterocycles. The molecule has 250 valence electrons. The number of allylic oxidation sites excluding steroid dienone is 5. The van der Waals surface area contributed by atoms with Crippen LogP contribution >= 0.6 is 34.0 Å². The average molecular weight is 739 g/mol. The van der Waals surface area contributed by atoms with Gasteiger partial charge in [0.2, 0.25) is 11.6 Å². The number of thiophene rings is 3. The van der Waals surface area contributed by atoms with Crippen molar-refractivity contribution >= 4 is 88.6 Å². The van der Waals surface area contributed by atoms with Gasteiger partial charge in [-0.1, -0.05) is 76.2 Å². The fraction of sp³-hybridized carbons (Fsp3) is 0.143. The molecule has 4 aliphatic carbocycles. The molecule has 0 unspecified atom stereocenters. The highest BCUT2D eigenvalue weighted by Crippen LogP contribution is 2.64. The first-order chi connectivity index (χ1) is 25.5. The number of carbonyl (C=O) groups excluding carboxylic acids is 2. The first-order valence-corrected chi connectivity index (χ1v) is 18.9. The molecule has 0 fully saturated rings. The summed E-state index contributed by atoms with van der Waals surface area (Å²) in [6.45, 7) is 8.64. The summed E-state index contributed by atoms with van der Waals surface area (Å²) in [5, 5.41) is 39.7. The molecule has 0 radical (unpaired) electrons. The first kappa shape index (κ1) is 32.6. The van der Waals surface area contributed by atoms with E-state index in [9.17, 15) is 30.6 Å². The molecule has 0 atom stereocenters. The molecule has 5 aromatic rings. The number of rotatable bonds is 2. The van der Waals surface area contributed by atoms with E-state index in [1.54, 1.807) is 71.2 Å². The van der Waals surface area contributed by atoms with Crippen molar-refractivity contribution < 1.29 is 9.59 Å². The van der Waals surface area contributed by atoms with Crippen LogP contribution < -0.4 is 0 Å². The third-order valence-corrected chi connectivity index (χ3v) is 14.1. The highest BCUT2D eigenvalue weighted by atomic mass is 32.1. The minimum atomic E-state index is -0.594. The fourth-order valence-electron chi connectivity index (χ4n) is 8.07. The van der Waals surface area contributed by atoms with Gasteiger partial charge in [-0.3, -0.25) is 9.59 Å². The monoisotopic (exact) mass is 738 g/mol. The molecule has 53 heavy (non-hydrogen) atoms. The van der Waals surface area contributed by atoms with Gasteiger partial charge in [-0.05, 0) is 40.0 Å². The highest BCUT2D eigenvalue weighted by molar-refractivity contribution is 7.33. The molecule has 0 spiro atoms. The Hall–Kier alpha value is -6.34. The van der Waals surface area contributed by atoms with E-state index < -0.39 is 10.8 Å². The molecular weight excluding hydrogens is 717 g/mol. The van der Waals surface area contributed by atoms with Gasteiger partial charge in [-0.15, -0.1) is 34.0 Å². The Labute approximate surface area is 315 Å². The predicted octanol–water partition coefficient (Wildman–Crippen LogP) is 9.87. The molecule has 4 aliphatic rings. The van der Waals surface area contributed by atoms with Crippen molar-refractivity contribution in [3.8, 4) is 34.0 Å². The van der Waals surface area contributed by atoms with Crippen LogP contribution in [0.2, 0.25) is 0 Å². The van der Waals surface area contributed by atoms with Gasteiger partial charge in [0.1, 0.15) is 51.8 Å². The van der Waals surface area contributed by atoms with Crippen LogP contribution in [-0.2, 0) is 10.8 Å². The Morgan fingerprint density at radius 1 is 0.623 bits per heavy atom. The van der Waals surface area contributed by atoms with E-state index in [1.807, 2.05) is 36.4 Å². The predicted molar refractivity (Wildman–Crippen MR) is 209 cm³/mol. The van der Waals surface area contributed by atoms with Gasteiger partial charge >= 0.3 is 0 Å². The fourth-order valence-corrected chi connectivity index (χ4v) is 12.6. The second kappa shape index (κ2) is 11.1. The highest BCUT2D eigenvalue weighted by Gasteiger charge is 2.49. The van der Waals surface area contributed by atoms with Crippen molar-refractivity contribution in [3.63, 3.8) is 0 Å². The molecule has 3 heterocycles. The van der Waals surface area contributed by atoms with Crippen LogP contribution in [0.5, 0.6) is 0 Å². The smallest absolute Gasteiger partial charge is 0.212 e. The number of carbonyl (C=O) groups is 2. The topological polar surface area (TPSA) is 154 Å². The van der Waals surface area contributed by atoms with Gasteiger partial charge in [0, 0.05) is 47.6 Å². The lowest BCUT2D eigenvalue weighted by molar-refractivity contribution is 0.106. The van der Waals surface area contributed by atoms with Gasteiger partial charge < -0.3 is 0 Å². The number of Topliss-reactive ketones (excluding diaryl/α,β-unsaturated/α-hetero) is 2. The maximum absolute atomic E-state index is 13.7. The van der Waals surface area contributed by atoms with E-state index in [0.29, 0.717) is 33.0 Å². The van der Waals surface area contributed by atoms with Gasteiger partial charge in [0.25, 0.3) is 0 Å². The molecule has 11 heteroatoms. The second-order valence-corrected chi connectivity index (χ2v) is 17.2. The SMILES string of the molecule is CC1(C)C(N=C2C(=O)c3ccccc3C2=C(C#N)C#N)=Cc2sc3c(c21)C(C)(C)c1c-3sc2cc(N=C3C(=O)c4ccccc4C3=C(C#N)C#N)sc12. The summed E-state index contributed by atoms with van der Waals surface area (Å²) in [6, 6.07) is 23.8. The Morgan fingerprint density at radius 3 is 1.68 bits per heavy atom. The van der Waals surface area contributed by atoms with Gasteiger partial charge in [-0.25, -0.2) is 9.98 Å². The first-order valence-electron chi connectivity index (χ1n) is 16.5. The third kappa shape index (κ3) is 4.22. The lowest BCUT2D eigenvalue weighted by Crippen LogP contribution is -2.24. The van der Waals surface area contributed by atoms with Crippen molar-refractivity contribution in [2.45, 2.75) is 38.5 Å². The molecule has 0 bridgehead atoms. The van der Waals surface area contributed by atoms with Crippen LogP contribution in [-0.4, -0.2) is 23.0 Å². The van der Waals surface area contributed by atoms with E-state index in [1.165, 1.54) is 32.2 Å². The zero-order valence-corrected chi connectivity index (χ0v) is 30.9. The number of benzene rings is 2. The van der Waals surface area contributed by atoms with Crippen LogP contribution in [0, 0.1) is 45.3 Å². The Balaban J connectivity index is 1.14. The zero-order valence-electron chi connectivity index (χ0n) is 28.5. The summed E-state index contributed by atoms with van der Waals surface area (Å²) in [5.41, 5.74) is 5.65. The second-order valence-electron chi connectivity index (χ2n) is 14.0. The van der Waals surface area contributed by atoms with Gasteiger partial charge in [0.15, 0.2) is 0 Å². The molecule has 0 amide bonds. The minimum absolute atomic E-state index is 0.103. The lowest BCUT2D eigenvalue weighted by atomic mass is 9.75. The summed E-state index contributed by atoms with van der Waals surface area (Å²) in [5.74, 6) is -0.616. The Kier molecular flexibility index (Phi) is 6.81. The van der Waals surface area contributed by atoms with Crippen LogP contribution in [0.15, 0.2) is 81.4 Å². The third-order valence-electron chi connectivity index (χ3n) is 10.5. The standard InChI is InChI=1S/C42H22N6O2S3/c1-41(2)27(47-34-29(19(15-43)16-44)21-9-5-7-11-23(21)36(34)49)13-25-31(41)32-39(51-25)40-33(42(32,3)4)38-26(52-40)14-28(53-38)48-35-30(20(17-45)18-46)22-10-6-8-12-24(22)37(35)50/h5-14H,1-4H3. The molecule has 0 N–H and O–H groups in total. The number of fused-ring (bicyclic) bond motifs is 9. The number of nitriles is 4. The molecule has 9 rings (SSSR count). The normalized spacial score (nSPS) is 18.2. The van der Waals surface area contributed by atoms with Crippen LogP contribution in [0.3, 0.4) is 0 Å². The van der Waals surface area contributed by atoms with Gasteiger partial charge in [0.05, 0.1) is 15.3 Å². The van der Waals surface area contributed by atoms with Crippen LogP contribution in [0.25, 0.3) is 36.4 Å². The number of hydrogen-bond acceptors (Lipinski definition) is 11. The average Bonchev–Trinajstić information content (AvgIpc) is 3.98. The molecule has 8 nitrogen and oxygen atoms in total. The maximum Gasteiger partial charge on any atom is 0.212 e. The Morgan fingerprint density at radius 2 is 1.13 bits per heavy atom. The molecular formula is C42H22N6O2S3. The largest absolute Gasteiger partial charge is 0.287 e. The number of ketones is 2. The van der Waals surface area contributed by atoms with Crippen molar-refractivity contribution in [1.82, 2.24) is 0 Å². The van der Waals surface area contributed by atoms with Gasteiger partial charge in [-0.2, -0.15) is 21.0 Å². The van der Waals surface area contributed by atoms with Crippen molar-refractivity contribution in [2.75, 3.05) is 0 Å². The van der Waals surface area contributed by atoms with E-state index >= 15 is 0 Å².